The molecular formula is C27H22Cl2N2O3. The van der Waals surface area contributed by atoms with Crippen molar-refractivity contribution in [3.05, 3.63) is 104 Å². The van der Waals surface area contributed by atoms with E-state index in [0.717, 1.165) is 11.1 Å². The normalized spacial score (nSPS) is 15.2. The van der Waals surface area contributed by atoms with Crippen LogP contribution in [0.25, 0.3) is 0 Å². The highest BCUT2D eigenvalue weighted by molar-refractivity contribution is 6.36. The van der Waals surface area contributed by atoms with Crippen molar-refractivity contribution in [1.82, 2.24) is 0 Å². The summed E-state index contributed by atoms with van der Waals surface area (Å²) in [6.07, 6.45) is 0. The molecule has 34 heavy (non-hydrogen) atoms. The molecule has 0 bridgehead atoms. The molecule has 4 rings (SSSR count). The number of esters is 1. The van der Waals surface area contributed by atoms with Gasteiger partial charge < -0.3 is 15.2 Å². The zero-order chi connectivity index (χ0) is 24.6. The fourth-order valence-corrected chi connectivity index (χ4v) is 4.32. The van der Waals surface area contributed by atoms with E-state index in [-0.39, 0.29) is 27.6 Å². The van der Waals surface area contributed by atoms with Crippen LogP contribution < -0.4 is 15.2 Å². The molecule has 0 spiro atoms. The topological polar surface area (TPSA) is 85.3 Å². The number of hydrogen-bond acceptors (Lipinski definition) is 5. The van der Waals surface area contributed by atoms with Crippen LogP contribution in [0, 0.1) is 11.3 Å². The molecule has 0 saturated heterocycles. The SMILES string of the molecule is CC(C)(C)c1ccc(C2C(C#N)=C(N)Oc3cc(OC(=O)c4ccc(Cl)cc4Cl)ccc32)cc1. The van der Waals surface area contributed by atoms with Gasteiger partial charge in [0, 0.05) is 16.7 Å². The third kappa shape index (κ3) is 4.61. The first-order valence-corrected chi connectivity index (χ1v) is 11.3. The van der Waals surface area contributed by atoms with E-state index in [1.165, 1.54) is 17.7 Å². The molecule has 1 aliphatic rings. The van der Waals surface area contributed by atoms with E-state index in [1.54, 1.807) is 24.3 Å². The molecule has 5 nitrogen and oxygen atoms in total. The van der Waals surface area contributed by atoms with E-state index < -0.39 is 11.9 Å². The van der Waals surface area contributed by atoms with Crippen LogP contribution in [0.5, 0.6) is 11.5 Å². The molecule has 1 heterocycles. The van der Waals surface area contributed by atoms with E-state index >= 15 is 0 Å². The van der Waals surface area contributed by atoms with E-state index in [0.29, 0.717) is 16.3 Å². The minimum Gasteiger partial charge on any atom is -0.440 e. The maximum atomic E-state index is 12.6. The Kier molecular flexibility index (Phi) is 6.31. The fraction of sp³-hybridized carbons (Fsp3) is 0.185. The lowest BCUT2D eigenvalue weighted by Gasteiger charge is -2.27. The fourth-order valence-electron chi connectivity index (χ4n) is 3.83. The van der Waals surface area contributed by atoms with Crippen LogP contribution in [-0.4, -0.2) is 5.97 Å². The monoisotopic (exact) mass is 492 g/mol. The van der Waals surface area contributed by atoms with Crippen molar-refractivity contribution in [2.45, 2.75) is 32.1 Å². The van der Waals surface area contributed by atoms with Crippen LogP contribution in [0.15, 0.2) is 72.1 Å². The number of nitrogens with zero attached hydrogens (tertiary/aromatic N) is 1. The van der Waals surface area contributed by atoms with E-state index in [1.807, 2.05) is 12.1 Å². The number of rotatable bonds is 3. The van der Waals surface area contributed by atoms with Gasteiger partial charge in [0.25, 0.3) is 0 Å². The highest BCUT2D eigenvalue weighted by Crippen LogP contribution is 2.43. The second kappa shape index (κ2) is 9.06. The third-order valence-electron chi connectivity index (χ3n) is 5.66. The van der Waals surface area contributed by atoms with Crippen LogP contribution >= 0.6 is 23.2 Å². The lowest BCUT2D eigenvalue weighted by molar-refractivity contribution is 0.0734. The van der Waals surface area contributed by atoms with Gasteiger partial charge in [-0.1, -0.05) is 74.3 Å². The molecule has 3 aromatic rings. The maximum Gasteiger partial charge on any atom is 0.345 e. The Morgan fingerprint density at radius 3 is 2.38 bits per heavy atom. The largest absolute Gasteiger partial charge is 0.440 e. The molecule has 0 aliphatic carbocycles. The average Bonchev–Trinajstić information content (AvgIpc) is 2.77. The van der Waals surface area contributed by atoms with E-state index in [4.69, 9.17) is 38.4 Å². The number of benzene rings is 3. The van der Waals surface area contributed by atoms with Gasteiger partial charge in [-0.3, -0.25) is 0 Å². The second-order valence-corrected chi connectivity index (χ2v) is 9.85. The Bertz CT molecular complexity index is 1350. The molecular weight excluding hydrogens is 471 g/mol. The summed E-state index contributed by atoms with van der Waals surface area (Å²) in [5, 5.41) is 10.4. The molecule has 0 fully saturated rings. The molecule has 3 aromatic carbocycles. The lowest BCUT2D eigenvalue weighted by atomic mass is 9.81. The van der Waals surface area contributed by atoms with Crippen molar-refractivity contribution in [3.8, 4) is 17.6 Å². The Hall–Kier alpha value is -3.46. The molecule has 0 aromatic heterocycles. The van der Waals surface area contributed by atoms with Gasteiger partial charge in [-0.25, -0.2) is 4.79 Å². The highest BCUT2D eigenvalue weighted by atomic mass is 35.5. The Morgan fingerprint density at radius 2 is 1.76 bits per heavy atom. The maximum absolute atomic E-state index is 12.6. The molecule has 172 valence electrons. The number of fused-ring (bicyclic) bond motifs is 1. The number of carbonyl (C=O) groups excluding carboxylic acids is 1. The van der Waals surface area contributed by atoms with Crippen molar-refractivity contribution in [2.75, 3.05) is 0 Å². The van der Waals surface area contributed by atoms with Crippen molar-refractivity contribution < 1.29 is 14.3 Å². The number of allylic oxidation sites excluding steroid dienone is 1. The summed E-state index contributed by atoms with van der Waals surface area (Å²) in [6.45, 7) is 6.43. The van der Waals surface area contributed by atoms with Crippen molar-refractivity contribution in [1.29, 1.82) is 5.26 Å². The van der Waals surface area contributed by atoms with E-state index in [9.17, 15) is 10.1 Å². The minimum atomic E-state index is -0.632. The molecule has 7 heteroatoms. The summed E-state index contributed by atoms with van der Waals surface area (Å²) in [4.78, 5) is 12.6. The zero-order valence-electron chi connectivity index (χ0n) is 18.9. The minimum absolute atomic E-state index is 0.00476. The molecule has 0 amide bonds. The first kappa shape index (κ1) is 23.7. The Balaban J connectivity index is 1.68. The highest BCUT2D eigenvalue weighted by Gasteiger charge is 2.31. The van der Waals surface area contributed by atoms with Crippen molar-refractivity contribution in [2.24, 2.45) is 5.73 Å². The second-order valence-electron chi connectivity index (χ2n) is 9.01. The number of nitrogens with two attached hydrogens (primary N) is 1. The Labute approximate surface area is 208 Å². The van der Waals surface area contributed by atoms with Crippen LogP contribution in [0.4, 0.5) is 0 Å². The quantitative estimate of drug-likeness (QED) is 0.323. The van der Waals surface area contributed by atoms with Gasteiger partial charge >= 0.3 is 5.97 Å². The summed E-state index contributed by atoms with van der Waals surface area (Å²) in [7, 11) is 0. The lowest BCUT2D eigenvalue weighted by Crippen LogP contribution is -2.21. The van der Waals surface area contributed by atoms with Gasteiger partial charge in [0.1, 0.15) is 23.1 Å². The molecule has 1 atom stereocenters. The van der Waals surface area contributed by atoms with Crippen LogP contribution in [0.2, 0.25) is 10.0 Å². The summed E-state index contributed by atoms with van der Waals surface area (Å²) in [5.41, 5.74) is 9.47. The molecule has 0 saturated carbocycles. The molecule has 0 radical (unpaired) electrons. The average molecular weight is 493 g/mol. The van der Waals surface area contributed by atoms with Gasteiger partial charge in [-0.2, -0.15) is 5.26 Å². The summed E-state index contributed by atoms with van der Waals surface area (Å²) in [6, 6.07) is 19.8. The summed E-state index contributed by atoms with van der Waals surface area (Å²) < 4.78 is 11.2. The van der Waals surface area contributed by atoms with Gasteiger partial charge in [0.15, 0.2) is 0 Å². The molecule has 1 aliphatic heterocycles. The smallest absolute Gasteiger partial charge is 0.345 e. The Morgan fingerprint density at radius 1 is 1.06 bits per heavy atom. The molecule has 2 N–H and O–H groups in total. The first-order valence-electron chi connectivity index (χ1n) is 10.6. The molecule has 1 unspecified atom stereocenters. The van der Waals surface area contributed by atoms with Crippen LogP contribution in [-0.2, 0) is 5.41 Å². The number of halogens is 2. The first-order chi connectivity index (χ1) is 16.1. The van der Waals surface area contributed by atoms with E-state index in [2.05, 4.69) is 39.0 Å². The van der Waals surface area contributed by atoms with Gasteiger partial charge in [-0.05, 0) is 40.8 Å². The summed E-state index contributed by atoms with van der Waals surface area (Å²) >= 11 is 12.0. The predicted octanol–water partition coefficient (Wildman–Crippen LogP) is 6.73. The number of hydrogen-bond donors (Lipinski definition) is 1. The third-order valence-corrected chi connectivity index (χ3v) is 6.21. The zero-order valence-corrected chi connectivity index (χ0v) is 20.4. The van der Waals surface area contributed by atoms with Gasteiger partial charge in [-0.15, -0.1) is 0 Å². The van der Waals surface area contributed by atoms with Crippen molar-refractivity contribution >= 4 is 29.2 Å². The van der Waals surface area contributed by atoms with Crippen LogP contribution in [0.3, 0.4) is 0 Å². The number of nitriles is 1. The predicted molar refractivity (Wildman–Crippen MR) is 132 cm³/mol. The number of carbonyl (C=O) groups is 1. The number of ether oxygens (including phenoxy) is 2. The van der Waals surface area contributed by atoms with Gasteiger partial charge in [0.05, 0.1) is 16.5 Å². The van der Waals surface area contributed by atoms with Crippen molar-refractivity contribution in [3.63, 3.8) is 0 Å². The summed E-state index contributed by atoms with van der Waals surface area (Å²) in [5.74, 6) is -0.353. The van der Waals surface area contributed by atoms with Gasteiger partial charge in [0.2, 0.25) is 5.88 Å². The van der Waals surface area contributed by atoms with Crippen LogP contribution in [0.1, 0.15) is 53.7 Å². The standard InChI is InChI=1S/C27H22Cl2N2O3/c1-27(2,3)16-6-4-15(5-7-16)24-20-11-9-18(13-23(20)34-25(31)21(24)14-30)33-26(32)19-10-8-17(28)12-22(19)29/h4-13,24H,31H2,1-3H3.